The highest BCUT2D eigenvalue weighted by Gasteiger charge is 2.16. The van der Waals surface area contributed by atoms with Crippen LogP contribution < -0.4 is 5.32 Å². The minimum atomic E-state index is -0.248. The number of para-hydroxylation sites is 1. The summed E-state index contributed by atoms with van der Waals surface area (Å²) < 4.78 is 1.47. The number of rotatable bonds is 4. The fourth-order valence-corrected chi connectivity index (χ4v) is 4.37. The number of fused-ring (bicyclic) bond motifs is 1. The quantitative estimate of drug-likeness (QED) is 0.559. The lowest BCUT2D eigenvalue weighted by Gasteiger charge is -2.16. The van der Waals surface area contributed by atoms with Gasteiger partial charge in [0.2, 0.25) is 0 Å². The van der Waals surface area contributed by atoms with Gasteiger partial charge in [0.1, 0.15) is 6.33 Å². The van der Waals surface area contributed by atoms with E-state index in [4.69, 9.17) is 0 Å². The van der Waals surface area contributed by atoms with Crippen molar-refractivity contribution in [2.24, 2.45) is 0 Å². The molecule has 144 valence electrons. The maximum Gasteiger partial charge on any atom is 0.259 e. The molecule has 29 heavy (non-hydrogen) atoms. The third-order valence-electron chi connectivity index (χ3n) is 5.11. The molecule has 2 aromatic heterocycles. The molecule has 8 heteroatoms. The number of tetrazole rings is 1. The highest BCUT2D eigenvalue weighted by atomic mass is 32.1. The number of carbonyl (C=O) groups excluding carboxylic acids is 1. The highest BCUT2D eigenvalue weighted by Crippen LogP contribution is 2.30. The number of nitrogens with zero attached hydrogens (tertiary/aromatic N) is 5. The molecule has 1 aliphatic rings. The molecule has 5 rings (SSSR count). The average molecular weight is 402 g/mol. The van der Waals surface area contributed by atoms with Crippen LogP contribution in [0.25, 0.3) is 16.9 Å². The maximum atomic E-state index is 12.8. The average Bonchev–Trinajstić information content (AvgIpc) is 3.46. The van der Waals surface area contributed by atoms with Gasteiger partial charge < -0.3 is 0 Å². The van der Waals surface area contributed by atoms with Crippen molar-refractivity contribution < 1.29 is 4.79 Å². The zero-order valence-corrected chi connectivity index (χ0v) is 16.4. The summed E-state index contributed by atoms with van der Waals surface area (Å²) in [5, 5.41) is 16.6. The summed E-state index contributed by atoms with van der Waals surface area (Å²) in [5.74, 6) is -0.248. The number of thiazole rings is 1. The van der Waals surface area contributed by atoms with E-state index in [2.05, 4.69) is 44.0 Å². The van der Waals surface area contributed by atoms with Gasteiger partial charge in [-0.25, -0.2) is 4.98 Å². The lowest BCUT2D eigenvalue weighted by atomic mass is 9.90. The van der Waals surface area contributed by atoms with Gasteiger partial charge >= 0.3 is 0 Å². The van der Waals surface area contributed by atoms with Crippen LogP contribution in [0.1, 0.15) is 34.3 Å². The van der Waals surface area contributed by atoms with Gasteiger partial charge in [-0.05, 0) is 65.4 Å². The first-order valence-corrected chi connectivity index (χ1v) is 10.4. The SMILES string of the molecule is O=C(Nc1nc(-c2ccc3c(c2)CCCC3)cs1)c1ccccc1-n1cnnn1. The largest absolute Gasteiger partial charge is 0.298 e. The van der Waals surface area contributed by atoms with E-state index >= 15 is 0 Å². The zero-order chi connectivity index (χ0) is 19.6. The molecule has 0 unspecified atom stereocenters. The fourth-order valence-electron chi connectivity index (χ4n) is 3.66. The molecule has 1 N–H and O–H groups in total. The van der Waals surface area contributed by atoms with Crippen LogP contribution in [0.4, 0.5) is 5.13 Å². The highest BCUT2D eigenvalue weighted by molar-refractivity contribution is 7.14. The van der Waals surface area contributed by atoms with Crippen LogP contribution in [0.3, 0.4) is 0 Å². The second-order valence-electron chi connectivity index (χ2n) is 6.95. The Kier molecular flexibility index (Phi) is 4.61. The van der Waals surface area contributed by atoms with E-state index in [1.54, 1.807) is 12.1 Å². The molecule has 0 atom stereocenters. The Bertz CT molecular complexity index is 1170. The predicted octanol–water partition coefficient (Wildman–Crippen LogP) is 3.92. The molecule has 2 aromatic carbocycles. The van der Waals surface area contributed by atoms with Gasteiger partial charge in [0.25, 0.3) is 5.91 Å². The van der Waals surface area contributed by atoms with Crippen molar-refractivity contribution >= 4 is 22.4 Å². The fraction of sp³-hybridized carbons (Fsp3) is 0.190. The molecular formula is C21H18N6OS. The Labute approximate surface area is 171 Å². The number of nitrogens with one attached hydrogen (secondary N) is 1. The Hall–Kier alpha value is -3.39. The van der Waals surface area contributed by atoms with Gasteiger partial charge in [-0.3, -0.25) is 10.1 Å². The second-order valence-corrected chi connectivity index (χ2v) is 7.81. The van der Waals surface area contributed by atoms with Crippen molar-refractivity contribution in [1.82, 2.24) is 25.2 Å². The van der Waals surface area contributed by atoms with Gasteiger partial charge in [-0.1, -0.05) is 24.3 Å². The Morgan fingerprint density at radius 3 is 2.79 bits per heavy atom. The standard InChI is InChI=1S/C21H18N6OS/c28-20(17-7-3-4-8-19(17)27-13-22-25-26-27)24-21-23-18(12-29-21)16-10-9-14-5-1-2-6-15(14)11-16/h3-4,7-13H,1-2,5-6H2,(H,23,24,28). The minimum absolute atomic E-state index is 0.248. The Morgan fingerprint density at radius 1 is 1.07 bits per heavy atom. The zero-order valence-electron chi connectivity index (χ0n) is 15.6. The number of hydrogen-bond acceptors (Lipinski definition) is 6. The third-order valence-corrected chi connectivity index (χ3v) is 5.87. The van der Waals surface area contributed by atoms with Crippen molar-refractivity contribution in [3.63, 3.8) is 0 Å². The van der Waals surface area contributed by atoms with Gasteiger partial charge in [0.05, 0.1) is 16.9 Å². The van der Waals surface area contributed by atoms with Crippen LogP contribution in [0, 0.1) is 0 Å². The van der Waals surface area contributed by atoms with E-state index in [-0.39, 0.29) is 5.91 Å². The van der Waals surface area contributed by atoms with Crippen LogP contribution in [-0.2, 0) is 12.8 Å². The van der Waals surface area contributed by atoms with Crippen molar-refractivity contribution in [2.45, 2.75) is 25.7 Å². The predicted molar refractivity (Wildman–Crippen MR) is 111 cm³/mol. The van der Waals surface area contributed by atoms with E-state index in [9.17, 15) is 4.79 Å². The summed E-state index contributed by atoms with van der Waals surface area (Å²) in [6, 6.07) is 13.8. The first kappa shape index (κ1) is 17.7. The van der Waals surface area contributed by atoms with Crippen molar-refractivity contribution in [2.75, 3.05) is 5.32 Å². The number of anilines is 1. The van der Waals surface area contributed by atoms with Gasteiger partial charge in [0.15, 0.2) is 5.13 Å². The molecule has 0 spiro atoms. The molecule has 1 amide bonds. The number of hydrogen-bond donors (Lipinski definition) is 1. The van der Waals surface area contributed by atoms with Gasteiger partial charge in [-0.15, -0.1) is 16.4 Å². The normalized spacial score (nSPS) is 13.1. The number of aryl methyl sites for hydroxylation is 2. The van der Waals surface area contributed by atoms with Crippen LogP contribution in [0.15, 0.2) is 54.2 Å². The molecular weight excluding hydrogens is 384 g/mol. The van der Waals surface area contributed by atoms with E-state index in [0.29, 0.717) is 16.4 Å². The van der Waals surface area contributed by atoms with E-state index < -0.39 is 0 Å². The summed E-state index contributed by atoms with van der Waals surface area (Å²) in [6.07, 6.45) is 6.27. The molecule has 0 radical (unpaired) electrons. The number of aromatic nitrogens is 5. The summed E-state index contributed by atoms with van der Waals surface area (Å²) in [6.45, 7) is 0. The number of amides is 1. The third kappa shape index (κ3) is 3.54. The Balaban J connectivity index is 1.38. The van der Waals surface area contributed by atoms with Crippen LogP contribution in [0.5, 0.6) is 0 Å². The summed E-state index contributed by atoms with van der Waals surface area (Å²) >= 11 is 1.42. The Morgan fingerprint density at radius 2 is 1.93 bits per heavy atom. The maximum absolute atomic E-state index is 12.8. The first-order chi connectivity index (χ1) is 14.3. The molecule has 7 nitrogen and oxygen atoms in total. The number of benzene rings is 2. The van der Waals surface area contributed by atoms with E-state index in [1.165, 1.54) is 46.3 Å². The summed E-state index contributed by atoms with van der Waals surface area (Å²) in [5.41, 5.74) is 5.93. The van der Waals surface area contributed by atoms with Gasteiger partial charge in [-0.2, -0.15) is 4.68 Å². The second kappa shape index (κ2) is 7.56. The van der Waals surface area contributed by atoms with E-state index in [1.807, 2.05) is 17.5 Å². The van der Waals surface area contributed by atoms with Crippen LogP contribution in [-0.4, -0.2) is 31.1 Å². The van der Waals surface area contributed by atoms with Crippen molar-refractivity contribution in [1.29, 1.82) is 0 Å². The topological polar surface area (TPSA) is 85.6 Å². The summed E-state index contributed by atoms with van der Waals surface area (Å²) in [7, 11) is 0. The van der Waals surface area contributed by atoms with Crippen molar-refractivity contribution in [3.05, 3.63) is 70.9 Å². The minimum Gasteiger partial charge on any atom is -0.298 e. The molecule has 0 aliphatic heterocycles. The lowest BCUT2D eigenvalue weighted by Crippen LogP contribution is -2.15. The lowest BCUT2D eigenvalue weighted by molar-refractivity contribution is 0.102. The molecule has 0 saturated carbocycles. The number of carbonyl (C=O) groups is 1. The van der Waals surface area contributed by atoms with Crippen LogP contribution >= 0.6 is 11.3 Å². The smallest absolute Gasteiger partial charge is 0.259 e. The summed E-state index contributed by atoms with van der Waals surface area (Å²) in [4.78, 5) is 17.5. The van der Waals surface area contributed by atoms with Crippen molar-refractivity contribution in [3.8, 4) is 16.9 Å². The molecule has 1 aliphatic carbocycles. The molecule has 0 saturated heterocycles. The van der Waals surface area contributed by atoms with Gasteiger partial charge in [0, 0.05) is 10.9 Å². The van der Waals surface area contributed by atoms with Crippen LogP contribution in [0.2, 0.25) is 0 Å². The van der Waals surface area contributed by atoms with E-state index in [0.717, 1.165) is 24.1 Å². The molecule has 0 bridgehead atoms. The monoisotopic (exact) mass is 402 g/mol. The molecule has 4 aromatic rings. The molecule has 0 fully saturated rings. The molecule has 2 heterocycles. The first-order valence-electron chi connectivity index (χ1n) is 9.49.